The molecule has 0 aliphatic heterocycles. The molecule has 0 saturated carbocycles. The number of carbonyl (C=O) groups is 1. The third-order valence-electron chi connectivity index (χ3n) is 1.81. The molecule has 0 atom stereocenters. The van der Waals surface area contributed by atoms with Crippen LogP contribution in [0.15, 0.2) is 22.7 Å². The number of rotatable bonds is 4. The standard InChI is InChI=1S/C10H11BrClNO2/c1-15-10(14)6-13-5-7-2-3-8(11)9(12)4-7/h2-4,13H,5-6H2,1H3. The smallest absolute Gasteiger partial charge is 0.319 e. The van der Waals surface area contributed by atoms with E-state index in [0.29, 0.717) is 11.6 Å². The first-order chi connectivity index (χ1) is 7.13. The van der Waals surface area contributed by atoms with E-state index >= 15 is 0 Å². The minimum Gasteiger partial charge on any atom is -0.468 e. The fraction of sp³-hybridized carbons (Fsp3) is 0.300. The van der Waals surface area contributed by atoms with Crippen molar-refractivity contribution in [3.05, 3.63) is 33.3 Å². The van der Waals surface area contributed by atoms with E-state index in [4.69, 9.17) is 11.6 Å². The molecule has 3 nitrogen and oxygen atoms in total. The molecule has 0 unspecified atom stereocenters. The van der Waals surface area contributed by atoms with Gasteiger partial charge in [-0.05, 0) is 33.6 Å². The van der Waals surface area contributed by atoms with Crippen molar-refractivity contribution < 1.29 is 9.53 Å². The minimum atomic E-state index is -0.279. The van der Waals surface area contributed by atoms with Crippen molar-refractivity contribution in [1.82, 2.24) is 5.32 Å². The molecule has 0 radical (unpaired) electrons. The van der Waals surface area contributed by atoms with Crippen LogP contribution in [0.1, 0.15) is 5.56 Å². The SMILES string of the molecule is COC(=O)CNCc1ccc(Br)c(Cl)c1. The number of esters is 1. The Morgan fingerprint density at radius 1 is 1.60 bits per heavy atom. The molecule has 0 bridgehead atoms. The van der Waals surface area contributed by atoms with Gasteiger partial charge in [0.2, 0.25) is 0 Å². The predicted molar refractivity (Wildman–Crippen MR) is 62.9 cm³/mol. The summed E-state index contributed by atoms with van der Waals surface area (Å²) < 4.78 is 5.36. The number of benzene rings is 1. The highest BCUT2D eigenvalue weighted by Gasteiger charge is 2.01. The summed E-state index contributed by atoms with van der Waals surface area (Å²) in [6.07, 6.45) is 0. The lowest BCUT2D eigenvalue weighted by molar-refractivity contribution is -0.139. The van der Waals surface area contributed by atoms with E-state index in [1.165, 1.54) is 7.11 Å². The van der Waals surface area contributed by atoms with Gasteiger partial charge in [-0.25, -0.2) is 0 Å². The summed E-state index contributed by atoms with van der Waals surface area (Å²) in [7, 11) is 1.36. The van der Waals surface area contributed by atoms with Crippen LogP contribution in [0.3, 0.4) is 0 Å². The van der Waals surface area contributed by atoms with Gasteiger partial charge in [0.25, 0.3) is 0 Å². The number of hydrogen-bond acceptors (Lipinski definition) is 3. The molecule has 1 aromatic rings. The lowest BCUT2D eigenvalue weighted by Crippen LogP contribution is -2.23. The molecule has 0 aliphatic rings. The summed E-state index contributed by atoms with van der Waals surface area (Å²) in [6, 6.07) is 5.65. The molecule has 82 valence electrons. The second kappa shape index (κ2) is 6.10. The Morgan fingerprint density at radius 3 is 2.93 bits per heavy atom. The molecule has 0 aliphatic carbocycles. The molecule has 1 aromatic carbocycles. The molecule has 0 saturated heterocycles. The van der Waals surface area contributed by atoms with E-state index in [1.54, 1.807) is 0 Å². The van der Waals surface area contributed by atoms with Crippen LogP contribution in [0, 0.1) is 0 Å². The average Bonchev–Trinajstić information content (AvgIpc) is 2.23. The van der Waals surface area contributed by atoms with Crippen LogP contribution in [0.4, 0.5) is 0 Å². The van der Waals surface area contributed by atoms with Gasteiger partial charge in [-0.3, -0.25) is 4.79 Å². The van der Waals surface area contributed by atoms with Crippen molar-refractivity contribution in [3.63, 3.8) is 0 Å². The van der Waals surface area contributed by atoms with Gasteiger partial charge in [0.15, 0.2) is 0 Å². The minimum absolute atomic E-state index is 0.199. The summed E-state index contributed by atoms with van der Waals surface area (Å²) >= 11 is 9.22. The summed E-state index contributed by atoms with van der Waals surface area (Å²) in [6.45, 7) is 0.784. The number of halogens is 2. The zero-order valence-electron chi connectivity index (χ0n) is 8.22. The zero-order valence-corrected chi connectivity index (χ0v) is 10.6. The van der Waals surface area contributed by atoms with Crippen LogP contribution in [0.2, 0.25) is 5.02 Å². The molecule has 1 N–H and O–H groups in total. The molecule has 5 heteroatoms. The van der Waals surface area contributed by atoms with Gasteiger partial charge in [0.05, 0.1) is 18.7 Å². The van der Waals surface area contributed by atoms with Crippen molar-refractivity contribution >= 4 is 33.5 Å². The van der Waals surface area contributed by atoms with E-state index < -0.39 is 0 Å². The maximum atomic E-state index is 10.8. The van der Waals surface area contributed by atoms with Crippen LogP contribution >= 0.6 is 27.5 Å². The molecule has 0 amide bonds. The number of carbonyl (C=O) groups excluding carboxylic acids is 1. The lowest BCUT2D eigenvalue weighted by Gasteiger charge is -2.04. The van der Waals surface area contributed by atoms with E-state index in [0.717, 1.165) is 10.0 Å². The Bertz CT molecular complexity index is 357. The van der Waals surface area contributed by atoms with E-state index in [2.05, 4.69) is 26.0 Å². The van der Waals surface area contributed by atoms with Crippen molar-refractivity contribution in [2.45, 2.75) is 6.54 Å². The highest BCUT2D eigenvalue weighted by molar-refractivity contribution is 9.10. The number of nitrogens with one attached hydrogen (secondary N) is 1. The van der Waals surface area contributed by atoms with Gasteiger partial charge >= 0.3 is 5.97 Å². The zero-order chi connectivity index (χ0) is 11.3. The van der Waals surface area contributed by atoms with Gasteiger partial charge in [-0.2, -0.15) is 0 Å². The maximum absolute atomic E-state index is 10.8. The van der Waals surface area contributed by atoms with Crippen molar-refractivity contribution in [2.24, 2.45) is 0 Å². The summed E-state index contributed by atoms with van der Waals surface area (Å²) in [5.74, 6) is -0.279. The first kappa shape index (κ1) is 12.5. The third-order valence-corrected chi connectivity index (χ3v) is 3.04. The van der Waals surface area contributed by atoms with Gasteiger partial charge in [-0.15, -0.1) is 0 Å². The lowest BCUT2D eigenvalue weighted by atomic mass is 10.2. The Morgan fingerprint density at radius 2 is 2.33 bits per heavy atom. The molecular formula is C10H11BrClNO2. The van der Waals surface area contributed by atoms with Crippen LogP contribution in [-0.2, 0) is 16.1 Å². The maximum Gasteiger partial charge on any atom is 0.319 e. The molecule has 15 heavy (non-hydrogen) atoms. The molecule has 0 heterocycles. The fourth-order valence-electron chi connectivity index (χ4n) is 1.03. The van der Waals surface area contributed by atoms with Crippen LogP contribution in [-0.4, -0.2) is 19.6 Å². The number of hydrogen-bond donors (Lipinski definition) is 1. The number of methoxy groups -OCH3 is 1. The predicted octanol–water partition coefficient (Wildman–Crippen LogP) is 2.37. The summed E-state index contributed by atoms with van der Waals surface area (Å²) in [5, 5.41) is 3.61. The van der Waals surface area contributed by atoms with E-state index in [-0.39, 0.29) is 12.5 Å². The van der Waals surface area contributed by atoms with Gasteiger partial charge in [0, 0.05) is 11.0 Å². The molecule has 0 aromatic heterocycles. The Labute approximate surface area is 102 Å². The van der Waals surface area contributed by atoms with Crippen molar-refractivity contribution in [3.8, 4) is 0 Å². The Hall–Kier alpha value is -0.580. The quantitative estimate of drug-likeness (QED) is 0.866. The fourth-order valence-corrected chi connectivity index (χ4v) is 1.48. The summed E-state index contributed by atoms with van der Waals surface area (Å²) in [4.78, 5) is 10.8. The normalized spacial score (nSPS) is 10.1. The van der Waals surface area contributed by atoms with Crippen LogP contribution in [0.5, 0.6) is 0 Å². The van der Waals surface area contributed by atoms with E-state index in [9.17, 15) is 4.79 Å². The van der Waals surface area contributed by atoms with Gasteiger partial charge in [-0.1, -0.05) is 17.7 Å². The topological polar surface area (TPSA) is 38.3 Å². The largest absolute Gasteiger partial charge is 0.468 e. The molecule has 1 rings (SSSR count). The number of ether oxygens (including phenoxy) is 1. The van der Waals surface area contributed by atoms with Crippen molar-refractivity contribution in [1.29, 1.82) is 0 Å². The monoisotopic (exact) mass is 291 g/mol. The van der Waals surface area contributed by atoms with Gasteiger partial charge < -0.3 is 10.1 Å². The second-order valence-corrected chi connectivity index (χ2v) is 4.19. The Balaban J connectivity index is 2.44. The third kappa shape index (κ3) is 4.20. The van der Waals surface area contributed by atoms with Crippen LogP contribution in [0.25, 0.3) is 0 Å². The highest BCUT2D eigenvalue weighted by atomic mass is 79.9. The molecule has 0 fully saturated rings. The first-order valence-electron chi connectivity index (χ1n) is 4.35. The first-order valence-corrected chi connectivity index (χ1v) is 5.52. The highest BCUT2D eigenvalue weighted by Crippen LogP contribution is 2.22. The van der Waals surface area contributed by atoms with Crippen LogP contribution < -0.4 is 5.32 Å². The van der Waals surface area contributed by atoms with Gasteiger partial charge in [0.1, 0.15) is 0 Å². The molecule has 0 spiro atoms. The second-order valence-electron chi connectivity index (χ2n) is 2.93. The molecular weight excluding hydrogens is 281 g/mol. The summed E-state index contributed by atoms with van der Waals surface area (Å²) in [5.41, 5.74) is 1.02. The Kier molecular flexibility index (Phi) is 5.08. The van der Waals surface area contributed by atoms with E-state index in [1.807, 2.05) is 18.2 Å². The van der Waals surface area contributed by atoms with Crippen molar-refractivity contribution in [2.75, 3.05) is 13.7 Å². The average molecular weight is 293 g/mol.